The summed E-state index contributed by atoms with van der Waals surface area (Å²) in [7, 11) is 0. The molecule has 0 saturated carbocycles. The summed E-state index contributed by atoms with van der Waals surface area (Å²) >= 11 is 0. The molecule has 102 valence electrons. The van der Waals surface area contributed by atoms with Gasteiger partial charge in [0.1, 0.15) is 11.9 Å². The quantitative estimate of drug-likeness (QED) is 0.685. The normalized spacial score (nSPS) is 12.4. The minimum absolute atomic E-state index is 0.180. The predicted octanol–water partition coefficient (Wildman–Crippen LogP) is 2.78. The van der Waals surface area contributed by atoms with Crippen molar-refractivity contribution >= 4 is 0 Å². The topological polar surface area (TPSA) is 30.5 Å². The number of ether oxygens (including phenoxy) is 2. The molecule has 0 spiro atoms. The Labute approximate surface area is 110 Å². The summed E-state index contributed by atoms with van der Waals surface area (Å²) in [6.45, 7) is 9.64. The van der Waals surface area contributed by atoms with Gasteiger partial charge in [0, 0.05) is 19.8 Å². The maximum Gasteiger partial charge on any atom is 0.120 e. The molecule has 1 atom stereocenters. The van der Waals surface area contributed by atoms with Crippen LogP contribution >= 0.6 is 0 Å². The van der Waals surface area contributed by atoms with Gasteiger partial charge in [-0.15, -0.1) is 0 Å². The molecule has 0 aliphatic heterocycles. The summed E-state index contributed by atoms with van der Waals surface area (Å²) in [4.78, 5) is 0. The van der Waals surface area contributed by atoms with Gasteiger partial charge in [-0.25, -0.2) is 0 Å². The molecular weight excluding hydrogens is 226 g/mol. The molecule has 1 rings (SSSR count). The fraction of sp³-hybridized carbons (Fsp3) is 0.600. The van der Waals surface area contributed by atoms with E-state index in [1.54, 1.807) is 0 Å². The van der Waals surface area contributed by atoms with Crippen molar-refractivity contribution in [3.8, 4) is 5.75 Å². The van der Waals surface area contributed by atoms with Crippen LogP contribution in [0.2, 0.25) is 0 Å². The molecule has 0 amide bonds. The molecule has 0 saturated heterocycles. The highest BCUT2D eigenvalue weighted by molar-refractivity contribution is 5.27. The van der Waals surface area contributed by atoms with E-state index in [9.17, 15) is 0 Å². The number of nitrogens with one attached hydrogen (secondary N) is 1. The molecule has 0 fully saturated rings. The van der Waals surface area contributed by atoms with Gasteiger partial charge in [-0.2, -0.15) is 0 Å². The van der Waals surface area contributed by atoms with Gasteiger partial charge in [-0.1, -0.05) is 12.1 Å². The number of hydrogen-bond donors (Lipinski definition) is 1. The molecule has 0 aromatic heterocycles. The summed E-state index contributed by atoms with van der Waals surface area (Å²) in [6, 6.07) is 8.15. The Morgan fingerprint density at radius 3 is 2.89 bits per heavy atom. The molecule has 0 aliphatic rings. The van der Waals surface area contributed by atoms with Crippen LogP contribution in [0.1, 0.15) is 25.8 Å². The Bertz CT molecular complexity index is 328. The van der Waals surface area contributed by atoms with E-state index in [1.807, 2.05) is 19.1 Å². The molecule has 3 nitrogen and oxygen atoms in total. The second kappa shape index (κ2) is 8.95. The van der Waals surface area contributed by atoms with Gasteiger partial charge in [0.2, 0.25) is 0 Å². The molecule has 1 aromatic carbocycles. The van der Waals surface area contributed by atoms with Crippen molar-refractivity contribution in [2.24, 2.45) is 0 Å². The van der Waals surface area contributed by atoms with Crippen LogP contribution in [0.5, 0.6) is 5.75 Å². The number of hydrogen-bond acceptors (Lipinski definition) is 3. The molecule has 18 heavy (non-hydrogen) atoms. The van der Waals surface area contributed by atoms with Gasteiger partial charge in [0.05, 0.1) is 0 Å². The van der Waals surface area contributed by atoms with Crippen LogP contribution in [0, 0.1) is 6.92 Å². The Morgan fingerprint density at radius 2 is 2.17 bits per heavy atom. The summed E-state index contributed by atoms with van der Waals surface area (Å²) in [5, 5.41) is 3.37. The highest BCUT2D eigenvalue weighted by Crippen LogP contribution is 2.13. The van der Waals surface area contributed by atoms with Crippen molar-refractivity contribution in [3.63, 3.8) is 0 Å². The van der Waals surface area contributed by atoms with Crippen molar-refractivity contribution in [3.05, 3.63) is 29.8 Å². The highest BCUT2D eigenvalue weighted by atomic mass is 16.5. The molecular formula is C15H25NO2. The fourth-order valence-electron chi connectivity index (χ4n) is 1.71. The average molecular weight is 251 g/mol. The highest BCUT2D eigenvalue weighted by Gasteiger charge is 2.03. The third-order valence-electron chi connectivity index (χ3n) is 2.60. The van der Waals surface area contributed by atoms with E-state index >= 15 is 0 Å². The molecule has 0 radical (unpaired) electrons. The molecule has 1 unspecified atom stereocenters. The first-order chi connectivity index (χ1) is 8.72. The Balaban J connectivity index is 2.12. The molecule has 3 heteroatoms. The maximum absolute atomic E-state index is 5.83. The van der Waals surface area contributed by atoms with Crippen LogP contribution < -0.4 is 10.1 Å². The smallest absolute Gasteiger partial charge is 0.120 e. The van der Waals surface area contributed by atoms with Crippen molar-refractivity contribution in [2.45, 2.75) is 33.3 Å². The minimum atomic E-state index is 0.180. The summed E-state index contributed by atoms with van der Waals surface area (Å²) < 4.78 is 11.1. The second-order valence-electron chi connectivity index (χ2n) is 4.50. The monoisotopic (exact) mass is 251 g/mol. The summed E-state index contributed by atoms with van der Waals surface area (Å²) in [6.07, 6.45) is 1.23. The lowest BCUT2D eigenvalue weighted by Gasteiger charge is -2.15. The van der Waals surface area contributed by atoms with E-state index in [4.69, 9.17) is 9.47 Å². The number of aryl methyl sites for hydroxylation is 1. The molecule has 1 N–H and O–H groups in total. The second-order valence-corrected chi connectivity index (χ2v) is 4.50. The summed E-state index contributed by atoms with van der Waals surface area (Å²) in [5.74, 6) is 0.943. The van der Waals surface area contributed by atoms with Gasteiger partial charge < -0.3 is 14.8 Å². The van der Waals surface area contributed by atoms with Crippen molar-refractivity contribution in [2.75, 3.05) is 26.3 Å². The SMILES string of the molecule is CCOCCCNCC(C)Oc1cccc(C)c1. The zero-order valence-corrected chi connectivity index (χ0v) is 11.7. The number of benzene rings is 1. The van der Waals surface area contributed by atoms with Crippen LogP contribution in [-0.2, 0) is 4.74 Å². The van der Waals surface area contributed by atoms with Crippen LogP contribution in [0.4, 0.5) is 0 Å². The van der Waals surface area contributed by atoms with E-state index in [0.29, 0.717) is 0 Å². The van der Waals surface area contributed by atoms with Gasteiger partial charge >= 0.3 is 0 Å². The van der Waals surface area contributed by atoms with Gasteiger partial charge in [-0.05, 0) is 51.4 Å². The van der Waals surface area contributed by atoms with E-state index < -0.39 is 0 Å². The van der Waals surface area contributed by atoms with E-state index in [-0.39, 0.29) is 6.10 Å². The predicted molar refractivity (Wildman–Crippen MR) is 75.2 cm³/mol. The van der Waals surface area contributed by atoms with Crippen LogP contribution in [0.25, 0.3) is 0 Å². The van der Waals surface area contributed by atoms with Crippen molar-refractivity contribution < 1.29 is 9.47 Å². The lowest BCUT2D eigenvalue weighted by Crippen LogP contribution is -2.30. The fourth-order valence-corrected chi connectivity index (χ4v) is 1.71. The third-order valence-corrected chi connectivity index (χ3v) is 2.60. The largest absolute Gasteiger partial charge is 0.489 e. The molecule has 0 bridgehead atoms. The van der Waals surface area contributed by atoms with Crippen LogP contribution in [-0.4, -0.2) is 32.4 Å². The Morgan fingerprint density at radius 1 is 1.33 bits per heavy atom. The first-order valence-electron chi connectivity index (χ1n) is 6.74. The van der Waals surface area contributed by atoms with E-state index in [1.165, 1.54) is 5.56 Å². The van der Waals surface area contributed by atoms with E-state index in [2.05, 4.69) is 31.3 Å². The molecule has 0 aliphatic carbocycles. The average Bonchev–Trinajstić information content (AvgIpc) is 2.33. The maximum atomic E-state index is 5.83. The van der Waals surface area contributed by atoms with Crippen LogP contribution in [0.15, 0.2) is 24.3 Å². The van der Waals surface area contributed by atoms with Gasteiger partial charge in [-0.3, -0.25) is 0 Å². The van der Waals surface area contributed by atoms with Crippen molar-refractivity contribution in [1.29, 1.82) is 0 Å². The first-order valence-corrected chi connectivity index (χ1v) is 6.74. The lowest BCUT2D eigenvalue weighted by molar-refractivity contribution is 0.143. The standard InChI is InChI=1S/C15H25NO2/c1-4-17-10-6-9-16-12-14(3)18-15-8-5-7-13(2)11-15/h5,7-8,11,14,16H,4,6,9-10,12H2,1-3H3. The molecule has 1 aromatic rings. The Kier molecular flexibility index (Phi) is 7.46. The number of rotatable bonds is 9. The van der Waals surface area contributed by atoms with Gasteiger partial charge in [0.25, 0.3) is 0 Å². The Hall–Kier alpha value is -1.06. The van der Waals surface area contributed by atoms with Crippen molar-refractivity contribution in [1.82, 2.24) is 5.32 Å². The third kappa shape index (κ3) is 6.62. The first kappa shape index (κ1) is 15.0. The van der Waals surface area contributed by atoms with E-state index in [0.717, 1.165) is 38.5 Å². The van der Waals surface area contributed by atoms with Crippen LogP contribution in [0.3, 0.4) is 0 Å². The lowest BCUT2D eigenvalue weighted by atomic mass is 10.2. The summed E-state index contributed by atoms with van der Waals surface area (Å²) in [5.41, 5.74) is 1.23. The minimum Gasteiger partial charge on any atom is -0.489 e. The zero-order valence-electron chi connectivity index (χ0n) is 11.7. The molecule has 0 heterocycles. The zero-order chi connectivity index (χ0) is 13.2. The van der Waals surface area contributed by atoms with Gasteiger partial charge in [0.15, 0.2) is 0 Å².